The third-order valence-electron chi connectivity index (χ3n) is 11.1. The third-order valence-corrected chi connectivity index (χ3v) is 11.1. The molecule has 0 fully saturated rings. The summed E-state index contributed by atoms with van der Waals surface area (Å²) in [4.78, 5) is 0. The quantitative estimate of drug-likeness (QED) is 0.166. The van der Waals surface area contributed by atoms with Crippen LogP contribution in [-0.2, 0) is 10.8 Å². The average Bonchev–Trinajstić information content (AvgIpc) is 3.72. The summed E-state index contributed by atoms with van der Waals surface area (Å²) in [7, 11) is 0. The van der Waals surface area contributed by atoms with E-state index in [-0.39, 0.29) is 0 Å². The van der Waals surface area contributed by atoms with E-state index in [1.54, 1.807) is 0 Å². The molecule has 8 aromatic carbocycles. The van der Waals surface area contributed by atoms with Crippen molar-refractivity contribution in [3.63, 3.8) is 0 Å². The zero-order valence-electron chi connectivity index (χ0n) is 30.0. The summed E-state index contributed by atoms with van der Waals surface area (Å²) in [5.41, 5.74) is 12.6. The first-order valence-corrected chi connectivity index (χ1v) is 18.7. The normalized spacial score (nSPS) is 13.5. The van der Waals surface area contributed by atoms with Crippen molar-refractivity contribution < 1.29 is 4.74 Å². The molecule has 2 aliphatic carbocycles. The third kappa shape index (κ3) is 5.29. The van der Waals surface area contributed by atoms with Crippen LogP contribution in [0.5, 0.6) is 11.5 Å². The lowest BCUT2D eigenvalue weighted by molar-refractivity contribution is 0.482. The molecule has 0 atom stereocenters. The van der Waals surface area contributed by atoms with Crippen LogP contribution in [0.2, 0.25) is 0 Å². The molecule has 0 saturated heterocycles. The molecule has 2 aliphatic rings. The lowest BCUT2D eigenvalue weighted by atomic mass is 9.73. The van der Waals surface area contributed by atoms with Gasteiger partial charge in [-0.05, 0) is 104 Å². The molecule has 55 heavy (non-hydrogen) atoms. The molecule has 256 valence electrons. The Kier molecular flexibility index (Phi) is 7.80. The molecule has 1 nitrogen and oxygen atoms in total. The molecule has 0 saturated carbocycles. The molecule has 8 aromatic rings. The van der Waals surface area contributed by atoms with Gasteiger partial charge in [0.2, 0.25) is 0 Å². The Labute approximate surface area is 322 Å². The van der Waals surface area contributed by atoms with Crippen molar-refractivity contribution in [3.8, 4) is 57.4 Å². The lowest BCUT2D eigenvalue weighted by Gasteiger charge is -2.28. The van der Waals surface area contributed by atoms with Crippen molar-refractivity contribution in [2.75, 3.05) is 0 Å². The van der Waals surface area contributed by atoms with Gasteiger partial charge < -0.3 is 4.74 Å². The molecule has 0 N–H and O–H groups in total. The van der Waals surface area contributed by atoms with Gasteiger partial charge in [0.25, 0.3) is 0 Å². The second kappa shape index (κ2) is 13.3. The fraction of sp³-hybridized carbons (Fsp3) is 0.0370. The van der Waals surface area contributed by atoms with E-state index >= 15 is 0 Å². The summed E-state index contributed by atoms with van der Waals surface area (Å²) in [5.74, 6) is 16.1. The second-order valence-electron chi connectivity index (χ2n) is 14.1. The Morgan fingerprint density at radius 1 is 0.291 bits per heavy atom. The number of hydrogen-bond acceptors (Lipinski definition) is 1. The Hall–Kier alpha value is -7.32. The van der Waals surface area contributed by atoms with E-state index in [0.717, 1.165) is 33.8 Å². The molecule has 0 spiro atoms. The lowest BCUT2D eigenvalue weighted by Crippen LogP contribution is -2.25. The highest BCUT2D eigenvalue weighted by atomic mass is 16.5. The van der Waals surface area contributed by atoms with Crippen LogP contribution in [-0.4, -0.2) is 0 Å². The first-order valence-electron chi connectivity index (χ1n) is 18.7. The fourth-order valence-electron chi connectivity index (χ4n) is 8.56. The molecule has 0 radical (unpaired) electrons. The maximum absolute atomic E-state index is 6.54. The van der Waals surface area contributed by atoms with E-state index in [0.29, 0.717) is 0 Å². The van der Waals surface area contributed by atoms with Crippen LogP contribution < -0.4 is 4.74 Å². The van der Waals surface area contributed by atoms with Gasteiger partial charge in [-0.3, -0.25) is 0 Å². The first kappa shape index (κ1) is 32.3. The van der Waals surface area contributed by atoms with Gasteiger partial charge in [0.15, 0.2) is 0 Å². The van der Waals surface area contributed by atoms with E-state index in [1.165, 1.54) is 44.5 Å². The van der Waals surface area contributed by atoms with E-state index in [2.05, 4.69) is 194 Å². The molecule has 1 heteroatoms. The highest BCUT2D eigenvalue weighted by molar-refractivity contribution is 5.87. The van der Waals surface area contributed by atoms with Crippen LogP contribution in [0.25, 0.3) is 22.3 Å². The first-order chi connectivity index (χ1) is 27.2. The summed E-state index contributed by atoms with van der Waals surface area (Å²) in [6, 6.07) is 72.0. The highest BCUT2D eigenvalue weighted by Crippen LogP contribution is 2.54. The average molecular weight is 699 g/mol. The van der Waals surface area contributed by atoms with Gasteiger partial charge in [-0.25, -0.2) is 0 Å². The van der Waals surface area contributed by atoms with Crippen molar-refractivity contribution in [3.05, 3.63) is 251 Å². The predicted molar refractivity (Wildman–Crippen MR) is 223 cm³/mol. The summed E-state index contributed by atoms with van der Waals surface area (Å²) in [5, 5.41) is 0. The maximum Gasteiger partial charge on any atom is 0.127 e. The van der Waals surface area contributed by atoms with Gasteiger partial charge in [0.1, 0.15) is 22.3 Å². The largest absolute Gasteiger partial charge is 0.457 e. The standard InChI is InChI=1S/C54H34O/c1-3-15-39(16-4-1)35-37-53(49-23-11-7-19-45(49)46-20-8-12-24-50(46)53)41-27-31-43(32-28-41)55-44-33-29-42(30-34-44)54(38-36-40-17-5-2-6-18-40)51-25-13-9-21-47(51)48-22-10-14-26-52(48)54/h1-34H. The van der Waals surface area contributed by atoms with Crippen LogP contribution in [0.3, 0.4) is 0 Å². The monoisotopic (exact) mass is 698 g/mol. The van der Waals surface area contributed by atoms with Crippen molar-refractivity contribution in [1.82, 2.24) is 0 Å². The molecule has 10 rings (SSSR count). The Morgan fingerprint density at radius 3 is 0.909 bits per heavy atom. The number of benzene rings is 8. The van der Waals surface area contributed by atoms with Gasteiger partial charge in [-0.15, -0.1) is 0 Å². The van der Waals surface area contributed by atoms with Gasteiger partial charge in [0.05, 0.1) is 0 Å². The number of ether oxygens (including phenoxy) is 1. The van der Waals surface area contributed by atoms with Crippen molar-refractivity contribution in [2.45, 2.75) is 10.8 Å². The summed E-state index contributed by atoms with van der Waals surface area (Å²) in [6.07, 6.45) is 0. The molecular weight excluding hydrogens is 665 g/mol. The summed E-state index contributed by atoms with van der Waals surface area (Å²) in [6.45, 7) is 0. The Bertz CT molecular complexity index is 2540. The van der Waals surface area contributed by atoms with E-state index in [4.69, 9.17) is 4.74 Å². The van der Waals surface area contributed by atoms with E-state index < -0.39 is 10.8 Å². The van der Waals surface area contributed by atoms with Crippen molar-refractivity contribution in [1.29, 1.82) is 0 Å². The molecule has 0 heterocycles. The number of fused-ring (bicyclic) bond motifs is 6. The second-order valence-corrected chi connectivity index (χ2v) is 14.1. The summed E-state index contributed by atoms with van der Waals surface area (Å²) >= 11 is 0. The molecule has 0 aliphatic heterocycles. The van der Waals surface area contributed by atoms with Crippen LogP contribution in [0.4, 0.5) is 0 Å². The molecule has 0 amide bonds. The van der Waals surface area contributed by atoms with Crippen molar-refractivity contribution >= 4 is 0 Å². The van der Waals surface area contributed by atoms with Gasteiger partial charge >= 0.3 is 0 Å². The number of rotatable bonds is 4. The van der Waals surface area contributed by atoms with Crippen molar-refractivity contribution in [2.24, 2.45) is 0 Å². The summed E-state index contributed by atoms with van der Waals surface area (Å²) < 4.78 is 6.54. The highest BCUT2D eigenvalue weighted by Gasteiger charge is 2.44. The van der Waals surface area contributed by atoms with Crippen LogP contribution in [0.15, 0.2) is 206 Å². The van der Waals surface area contributed by atoms with Gasteiger partial charge in [-0.1, -0.05) is 181 Å². The zero-order chi connectivity index (χ0) is 36.7. The minimum atomic E-state index is -0.633. The molecular formula is C54H34O. The SMILES string of the molecule is C(#CC1(c2ccc(Oc3ccc(C4(C#Cc5ccccc5)c5ccccc5-c5ccccc54)cc3)cc2)c2ccccc2-c2ccccc21)c1ccccc1. The fourth-order valence-corrected chi connectivity index (χ4v) is 8.56. The van der Waals surface area contributed by atoms with Crippen LogP contribution >= 0.6 is 0 Å². The minimum Gasteiger partial charge on any atom is -0.457 e. The van der Waals surface area contributed by atoms with E-state index in [9.17, 15) is 0 Å². The number of hydrogen-bond donors (Lipinski definition) is 0. The molecule has 0 unspecified atom stereocenters. The maximum atomic E-state index is 6.54. The van der Waals surface area contributed by atoms with E-state index in [1.807, 2.05) is 36.4 Å². The smallest absolute Gasteiger partial charge is 0.127 e. The van der Waals surface area contributed by atoms with Crippen LogP contribution in [0, 0.1) is 23.7 Å². The molecule has 0 bridgehead atoms. The zero-order valence-corrected chi connectivity index (χ0v) is 30.0. The van der Waals surface area contributed by atoms with Crippen LogP contribution in [0.1, 0.15) is 44.5 Å². The van der Waals surface area contributed by atoms with Gasteiger partial charge in [-0.2, -0.15) is 0 Å². The Morgan fingerprint density at radius 2 is 0.582 bits per heavy atom. The predicted octanol–water partition coefficient (Wildman–Crippen LogP) is 12.2. The minimum absolute atomic E-state index is 0.633. The Balaban J connectivity index is 1.02. The van der Waals surface area contributed by atoms with Gasteiger partial charge in [0, 0.05) is 11.1 Å². The molecule has 0 aromatic heterocycles. The topological polar surface area (TPSA) is 9.23 Å².